The molecule has 0 bridgehead atoms. The highest BCUT2D eigenvalue weighted by atomic mass is 16.5. The minimum atomic E-state index is 0.0463. The molecule has 112 valence electrons. The Morgan fingerprint density at radius 2 is 1.77 bits per heavy atom. The van der Waals surface area contributed by atoms with Crippen LogP contribution in [-0.4, -0.2) is 36.3 Å². The summed E-state index contributed by atoms with van der Waals surface area (Å²) in [6.45, 7) is 0. The van der Waals surface area contributed by atoms with Gasteiger partial charge < -0.3 is 14.7 Å². The summed E-state index contributed by atoms with van der Waals surface area (Å²) in [5, 5.41) is 11.3. The number of ether oxygens (including phenoxy) is 1. The van der Waals surface area contributed by atoms with E-state index in [-0.39, 0.29) is 5.75 Å². The van der Waals surface area contributed by atoms with Crippen molar-refractivity contribution < 1.29 is 9.84 Å². The summed E-state index contributed by atoms with van der Waals surface area (Å²) in [4.78, 5) is 11.1. The predicted octanol–water partition coefficient (Wildman–Crippen LogP) is 3.08. The van der Waals surface area contributed by atoms with E-state index in [0.717, 1.165) is 16.7 Å². The summed E-state index contributed by atoms with van der Waals surface area (Å²) in [5.41, 5.74) is 1.38. The SMILES string of the molecule is COc1cccc(-c2nc(N(C)C)c3ccccc3n2)c1O. The molecule has 0 spiro atoms. The van der Waals surface area contributed by atoms with Crippen LogP contribution in [0.15, 0.2) is 42.5 Å². The molecule has 0 amide bonds. The van der Waals surface area contributed by atoms with Crippen molar-refractivity contribution in [1.29, 1.82) is 0 Å². The Morgan fingerprint density at radius 1 is 1.00 bits per heavy atom. The lowest BCUT2D eigenvalue weighted by Crippen LogP contribution is -2.12. The molecule has 0 aliphatic carbocycles. The number of para-hydroxylation sites is 2. The fourth-order valence-electron chi connectivity index (χ4n) is 2.39. The molecule has 3 aromatic rings. The van der Waals surface area contributed by atoms with Crippen LogP contribution < -0.4 is 9.64 Å². The molecule has 0 atom stereocenters. The maximum Gasteiger partial charge on any atom is 0.168 e. The first-order valence-electron chi connectivity index (χ1n) is 6.92. The van der Waals surface area contributed by atoms with Gasteiger partial charge in [0.1, 0.15) is 5.82 Å². The lowest BCUT2D eigenvalue weighted by atomic mass is 10.1. The number of hydrogen-bond donors (Lipinski definition) is 1. The number of hydrogen-bond acceptors (Lipinski definition) is 5. The van der Waals surface area contributed by atoms with E-state index in [0.29, 0.717) is 17.1 Å². The summed E-state index contributed by atoms with van der Waals surface area (Å²) in [6.07, 6.45) is 0. The summed E-state index contributed by atoms with van der Waals surface area (Å²) in [6, 6.07) is 13.1. The maximum atomic E-state index is 10.3. The molecule has 5 heteroatoms. The Hall–Kier alpha value is -2.82. The zero-order valence-electron chi connectivity index (χ0n) is 12.7. The number of fused-ring (bicyclic) bond motifs is 1. The minimum Gasteiger partial charge on any atom is -0.504 e. The molecule has 3 rings (SSSR count). The second-order valence-corrected chi connectivity index (χ2v) is 5.14. The van der Waals surface area contributed by atoms with Gasteiger partial charge in [-0.3, -0.25) is 0 Å². The van der Waals surface area contributed by atoms with Crippen LogP contribution in [0.3, 0.4) is 0 Å². The van der Waals surface area contributed by atoms with Crippen LogP contribution in [-0.2, 0) is 0 Å². The molecular formula is C17H17N3O2. The van der Waals surface area contributed by atoms with E-state index < -0.39 is 0 Å². The van der Waals surface area contributed by atoms with Crippen LogP contribution >= 0.6 is 0 Å². The van der Waals surface area contributed by atoms with Crippen molar-refractivity contribution in [3.63, 3.8) is 0 Å². The van der Waals surface area contributed by atoms with Gasteiger partial charge in [-0.25, -0.2) is 9.97 Å². The molecule has 0 saturated heterocycles. The minimum absolute atomic E-state index is 0.0463. The zero-order chi connectivity index (χ0) is 15.7. The molecule has 0 aliphatic rings. The van der Waals surface area contributed by atoms with Crippen molar-refractivity contribution in [3.05, 3.63) is 42.5 Å². The van der Waals surface area contributed by atoms with E-state index in [9.17, 15) is 5.11 Å². The third-order valence-electron chi connectivity index (χ3n) is 3.47. The standard InChI is InChI=1S/C17H17N3O2/c1-20(2)17-11-7-4-5-9-13(11)18-16(19-17)12-8-6-10-14(22-3)15(12)21/h4-10,21H,1-3H3. The summed E-state index contributed by atoms with van der Waals surface area (Å²) in [7, 11) is 5.39. The van der Waals surface area contributed by atoms with E-state index in [1.165, 1.54) is 7.11 Å². The van der Waals surface area contributed by atoms with Crippen molar-refractivity contribution in [2.45, 2.75) is 0 Å². The van der Waals surface area contributed by atoms with Crippen LogP contribution in [0.1, 0.15) is 0 Å². The Labute approximate surface area is 128 Å². The van der Waals surface area contributed by atoms with Gasteiger partial charge in [0.05, 0.1) is 18.2 Å². The number of rotatable bonds is 3. The lowest BCUT2D eigenvalue weighted by Gasteiger charge is -2.16. The van der Waals surface area contributed by atoms with Gasteiger partial charge in [0.25, 0.3) is 0 Å². The van der Waals surface area contributed by atoms with Crippen molar-refractivity contribution in [2.24, 2.45) is 0 Å². The summed E-state index contributed by atoms with van der Waals surface area (Å²) < 4.78 is 5.16. The van der Waals surface area contributed by atoms with Crippen molar-refractivity contribution in [2.75, 3.05) is 26.1 Å². The molecule has 0 unspecified atom stereocenters. The largest absolute Gasteiger partial charge is 0.504 e. The normalized spacial score (nSPS) is 10.7. The number of anilines is 1. The average molecular weight is 295 g/mol. The molecule has 2 aromatic carbocycles. The molecule has 1 N–H and O–H groups in total. The first kappa shape index (κ1) is 14.1. The molecule has 22 heavy (non-hydrogen) atoms. The predicted molar refractivity (Wildman–Crippen MR) is 87.5 cm³/mol. The number of aromatic nitrogens is 2. The lowest BCUT2D eigenvalue weighted by molar-refractivity contribution is 0.374. The van der Waals surface area contributed by atoms with Crippen LogP contribution in [0.4, 0.5) is 5.82 Å². The van der Waals surface area contributed by atoms with E-state index in [4.69, 9.17) is 4.74 Å². The third kappa shape index (κ3) is 2.30. The fourth-order valence-corrected chi connectivity index (χ4v) is 2.39. The van der Waals surface area contributed by atoms with Gasteiger partial charge in [-0.2, -0.15) is 0 Å². The Kier molecular flexibility index (Phi) is 3.55. The van der Waals surface area contributed by atoms with Crippen LogP contribution in [0.5, 0.6) is 11.5 Å². The van der Waals surface area contributed by atoms with Crippen molar-refractivity contribution in [3.8, 4) is 22.9 Å². The van der Waals surface area contributed by atoms with Gasteiger partial charge in [0.15, 0.2) is 17.3 Å². The Balaban J connectivity index is 2.28. The highest BCUT2D eigenvalue weighted by Crippen LogP contribution is 2.36. The second kappa shape index (κ2) is 5.52. The number of methoxy groups -OCH3 is 1. The average Bonchev–Trinajstić information content (AvgIpc) is 2.54. The van der Waals surface area contributed by atoms with Crippen molar-refractivity contribution >= 4 is 16.7 Å². The topological polar surface area (TPSA) is 58.5 Å². The van der Waals surface area contributed by atoms with Gasteiger partial charge in [-0.05, 0) is 24.3 Å². The highest BCUT2D eigenvalue weighted by molar-refractivity contribution is 5.91. The van der Waals surface area contributed by atoms with Gasteiger partial charge >= 0.3 is 0 Å². The summed E-state index contributed by atoms with van der Waals surface area (Å²) in [5.74, 6) is 1.73. The summed E-state index contributed by atoms with van der Waals surface area (Å²) >= 11 is 0. The fraction of sp³-hybridized carbons (Fsp3) is 0.176. The van der Waals surface area contributed by atoms with Crippen molar-refractivity contribution in [1.82, 2.24) is 9.97 Å². The van der Waals surface area contributed by atoms with Crippen LogP contribution in [0.25, 0.3) is 22.3 Å². The number of phenolic OH excluding ortho intramolecular Hbond substituents is 1. The van der Waals surface area contributed by atoms with Crippen LogP contribution in [0, 0.1) is 0 Å². The molecule has 0 aliphatic heterocycles. The number of phenols is 1. The van der Waals surface area contributed by atoms with E-state index in [1.54, 1.807) is 12.1 Å². The smallest absolute Gasteiger partial charge is 0.168 e. The van der Waals surface area contributed by atoms with Gasteiger partial charge in [0, 0.05) is 19.5 Å². The Bertz CT molecular complexity index is 831. The first-order valence-corrected chi connectivity index (χ1v) is 6.92. The van der Waals surface area contributed by atoms with E-state index in [1.807, 2.05) is 49.3 Å². The number of benzene rings is 2. The molecule has 0 radical (unpaired) electrons. The zero-order valence-corrected chi connectivity index (χ0v) is 12.7. The highest BCUT2D eigenvalue weighted by Gasteiger charge is 2.15. The van der Waals surface area contributed by atoms with Gasteiger partial charge in [-0.15, -0.1) is 0 Å². The molecule has 1 heterocycles. The number of aromatic hydroxyl groups is 1. The van der Waals surface area contributed by atoms with Crippen LogP contribution in [0.2, 0.25) is 0 Å². The molecule has 0 fully saturated rings. The maximum absolute atomic E-state index is 10.3. The monoisotopic (exact) mass is 295 g/mol. The third-order valence-corrected chi connectivity index (χ3v) is 3.47. The molecular weight excluding hydrogens is 278 g/mol. The Morgan fingerprint density at radius 3 is 2.50 bits per heavy atom. The molecule has 5 nitrogen and oxygen atoms in total. The van der Waals surface area contributed by atoms with E-state index in [2.05, 4.69) is 9.97 Å². The first-order chi connectivity index (χ1) is 10.6. The van der Waals surface area contributed by atoms with Gasteiger partial charge in [0.2, 0.25) is 0 Å². The van der Waals surface area contributed by atoms with E-state index >= 15 is 0 Å². The second-order valence-electron chi connectivity index (χ2n) is 5.14. The number of nitrogens with zero attached hydrogens (tertiary/aromatic N) is 3. The van der Waals surface area contributed by atoms with Gasteiger partial charge in [-0.1, -0.05) is 18.2 Å². The molecule has 0 saturated carbocycles. The molecule has 1 aromatic heterocycles. The quantitative estimate of drug-likeness (QED) is 0.804.